The molecule has 0 aliphatic heterocycles. The van der Waals surface area contributed by atoms with Gasteiger partial charge in [0.25, 0.3) is 0 Å². The van der Waals surface area contributed by atoms with Crippen LogP contribution in [0.5, 0.6) is 0 Å². The lowest BCUT2D eigenvalue weighted by atomic mass is 9.57. The van der Waals surface area contributed by atoms with Crippen molar-refractivity contribution in [1.29, 1.82) is 10.5 Å². The fraction of sp³-hybridized carbons (Fsp3) is 0.233. The SMILES string of the molecule is COC(=O)C1=CC2C(c3ccccc3)C(c3ccccc3)CC2(c2ccccc2)C1(C#N)C#N. The number of nitriles is 2. The number of ether oxygens (including phenoxy) is 1. The third kappa shape index (κ3) is 2.86. The highest BCUT2D eigenvalue weighted by Crippen LogP contribution is 2.70. The van der Waals surface area contributed by atoms with Gasteiger partial charge in [0.1, 0.15) is 0 Å². The molecule has 0 saturated heterocycles. The van der Waals surface area contributed by atoms with E-state index in [1.165, 1.54) is 12.7 Å². The topological polar surface area (TPSA) is 73.9 Å². The number of carbonyl (C=O) groups excluding carboxylic acids is 1. The third-order valence-electron chi connectivity index (χ3n) is 7.79. The van der Waals surface area contributed by atoms with Crippen molar-refractivity contribution >= 4 is 5.97 Å². The molecule has 3 aromatic rings. The minimum atomic E-state index is -1.66. The summed E-state index contributed by atoms with van der Waals surface area (Å²) in [7, 11) is 1.30. The predicted octanol–water partition coefficient (Wildman–Crippen LogP) is 5.66. The second kappa shape index (κ2) is 8.32. The minimum Gasteiger partial charge on any atom is -0.466 e. The van der Waals surface area contributed by atoms with Crippen LogP contribution in [0.3, 0.4) is 0 Å². The highest BCUT2D eigenvalue weighted by atomic mass is 16.5. The first-order valence-electron chi connectivity index (χ1n) is 11.4. The van der Waals surface area contributed by atoms with E-state index in [-0.39, 0.29) is 23.3 Å². The van der Waals surface area contributed by atoms with Gasteiger partial charge in [-0.1, -0.05) is 97.1 Å². The van der Waals surface area contributed by atoms with Gasteiger partial charge < -0.3 is 4.74 Å². The molecule has 0 spiro atoms. The van der Waals surface area contributed by atoms with E-state index >= 15 is 0 Å². The Kier molecular flexibility index (Phi) is 5.31. The fourth-order valence-electron chi connectivity index (χ4n) is 6.44. The lowest BCUT2D eigenvalue weighted by Crippen LogP contribution is -2.45. The Hall–Kier alpha value is -4.15. The van der Waals surface area contributed by atoms with Crippen molar-refractivity contribution in [1.82, 2.24) is 0 Å². The zero-order chi connectivity index (χ0) is 23.8. The molecule has 5 rings (SSSR count). The van der Waals surface area contributed by atoms with E-state index in [4.69, 9.17) is 4.74 Å². The van der Waals surface area contributed by atoms with Gasteiger partial charge in [-0.05, 0) is 40.9 Å². The normalized spacial score (nSPS) is 26.6. The predicted molar refractivity (Wildman–Crippen MR) is 128 cm³/mol. The van der Waals surface area contributed by atoms with Crippen molar-refractivity contribution in [2.24, 2.45) is 11.3 Å². The molecule has 0 amide bonds. The van der Waals surface area contributed by atoms with Gasteiger partial charge in [0.15, 0.2) is 5.41 Å². The molecule has 0 bridgehead atoms. The first-order valence-corrected chi connectivity index (χ1v) is 11.4. The van der Waals surface area contributed by atoms with Gasteiger partial charge in [-0.25, -0.2) is 4.79 Å². The fourth-order valence-corrected chi connectivity index (χ4v) is 6.44. The number of hydrogen-bond donors (Lipinski definition) is 0. The van der Waals surface area contributed by atoms with E-state index in [0.717, 1.165) is 11.1 Å². The Morgan fingerprint density at radius 1 is 0.853 bits per heavy atom. The third-order valence-corrected chi connectivity index (χ3v) is 7.79. The number of nitrogens with zero attached hydrogens (tertiary/aromatic N) is 2. The summed E-state index contributed by atoms with van der Waals surface area (Å²) in [5.74, 6) is -0.816. The molecule has 34 heavy (non-hydrogen) atoms. The minimum absolute atomic E-state index is 0.0213. The number of carbonyl (C=O) groups is 1. The summed E-state index contributed by atoms with van der Waals surface area (Å²) in [6.45, 7) is 0. The van der Waals surface area contributed by atoms with Crippen molar-refractivity contribution in [2.45, 2.75) is 23.7 Å². The van der Waals surface area contributed by atoms with E-state index in [0.29, 0.717) is 6.42 Å². The lowest BCUT2D eigenvalue weighted by molar-refractivity contribution is -0.137. The molecule has 0 radical (unpaired) electrons. The summed E-state index contributed by atoms with van der Waals surface area (Å²) in [6, 6.07) is 34.9. The first-order chi connectivity index (χ1) is 16.6. The lowest BCUT2D eigenvalue weighted by Gasteiger charge is -2.40. The molecule has 4 atom stereocenters. The molecule has 2 aliphatic carbocycles. The average molecular weight is 445 g/mol. The van der Waals surface area contributed by atoms with Crippen molar-refractivity contribution in [3.05, 3.63) is 119 Å². The number of fused-ring (bicyclic) bond motifs is 1. The van der Waals surface area contributed by atoms with Gasteiger partial charge in [-0.3, -0.25) is 0 Å². The number of rotatable bonds is 4. The van der Waals surface area contributed by atoms with Gasteiger partial charge >= 0.3 is 5.97 Å². The largest absolute Gasteiger partial charge is 0.466 e. The van der Waals surface area contributed by atoms with Crippen LogP contribution in [0.4, 0.5) is 0 Å². The summed E-state index contributed by atoms with van der Waals surface area (Å²) < 4.78 is 5.08. The smallest absolute Gasteiger partial charge is 0.336 e. The maximum atomic E-state index is 13.0. The number of hydrogen-bond acceptors (Lipinski definition) is 4. The molecule has 3 aromatic carbocycles. The molecule has 166 valence electrons. The van der Waals surface area contributed by atoms with Crippen LogP contribution in [0.25, 0.3) is 0 Å². The van der Waals surface area contributed by atoms with Crippen LogP contribution in [0, 0.1) is 34.0 Å². The van der Waals surface area contributed by atoms with Crippen molar-refractivity contribution in [2.75, 3.05) is 7.11 Å². The Morgan fingerprint density at radius 2 is 1.38 bits per heavy atom. The first kappa shape index (κ1) is 21.7. The van der Waals surface area contributed by atoms with Gasteiger partial charge in [-0.2, -0.15) is 10.5 Å². The van der Waals surface area contributed by atoms with Crippen LogP contribution in [0.1, 0.15) is 34.9 Å². The van der Waals surface area contributed by atoms with Gasteiger partial charge in [0, 0.05) is 5.41 Å². The van der Waals surface area contributed by atoms with Crippen LogP contribution in [0.2, 0.25) is 0 Å². The molecule has 4 unspecified atom stereocenters. The maximum absolute atomic E-state index is 13.0. The number of benzene rings is 3. The highest BCUT2D eigenvalue weighted by molar-refractivity contribution is 5.94. The zero-order valence-electron chi connectivity index (χ0n) is 18.9. The summed E-state index contributed by atoms with van der Waals surface area (Å²) in [5, 5.41) is 21.2. The summed E-state index contributed by atoms with van der Waals surface area (Å²) >= 11 is 0. The Bertz CT molecular complexity index is 1300. The van der Waals surface area contributed by atoms with Crippen LogP contribution in [-0.2, 0) is 14.9 Å². The second-order valence-electron chi connectivity index (χ2n) is 9.07. The molecule has 0 heterocycles. The standard InChI is InChI=1S/C30H24N2O2/c1-34-28(33)26-17-25-27(22-13-7-3-8-14-22)24(21-11-5-2-6-12-21)18-30(25,29(26,19-31)20-32)23-15-9-4-10-16-23/h2-17,24-25,27H,18H2,1H3. The number of allylic oxidation sites excluding steroid dienone is 1. The summed E-state index contributed by atoms with van der Waals surface area (Å²) in [5.41, 5.74) is 0.786. The molecule has 4 nitrogen and oxygen atoms in total. The van der Waals surface area contributed by atoms with E-state index in [1.54, 1.807) is 0 Å². The van der Waals surface area contributed by atoms with Crippen LogP contribution in [0.15, 0.2) is 103 Å². The van der Waals surface area contributed by atoms with E-state index < -0.39 is 16.8 Å². The average Bonchev–Trinajstić information content (AvgIpc) is 3.40. The molecule has 4 heteroatoms. The van der Waals surface area contributed by atoms with E-state index in [1.807, 2.05) is 72.8 Å². The maximum Gasteiger partial charge on any atom is 0.336 e. The molecular formula is C30H24N2O2. The van der Waals surface area contributed by atoms with Crippen molar-refractivity contribution in [3.63, 3.8) is 0 Å². The van der Waals surface area contributed by atoms with Gasteiger partial charge in [-0.15, -0.1) is 0 Å². The summed E-state index contributed by atoms with van der Waals surface area (Å²) in [6.07, 6.45) is 2.43. The van der Waals surface area contributed by atoms with Crippen molar-refractivity contribution < 1.29 is 9.53 Å². The zero-order valence-corrected chi connectivity index (χ0v) is 18.9. The molecule has 2 aliphatic rings. The summed E-state index contributed by atoms with van der Waals surface area (Å²) in [4.78, 5) is 13.0. The molecule has 0 N–H and O–H groups in total. The van der Waals surface area contributed by atoms with E-state index in [9.17, 15) is 15.3 Å². The highest BCUT2D eigenvalue weighted by Gasteiger charge is 2.71. The quantitative estimate of drug-likeness (QED) is 0.487. The van der Waals surface area contributed by atoms with Crippen LogP contribution < -0.4 is 0 Å². The Labute approximate surface area is 199 Å². The number of methoxy groups -OCH3 is 1. The number of esters is 1. The van der Waals surface area contributed by atoms with Gasteiger partial charge in [0.2, 0.25) is 0 Å². The molecule has 0 aromatic heterocycles. The van der Waals surface area contributed by atoms with Gasteiger partial charge in [0.05, 0.1) is 24.8 Å². The van der Waals surface area contributed by atoms with Crippen LogP contribution >= 0.6 is 0 Å². The Morgan fingerprint density at radius 3 is 1.91 bits per heavy atom. The molecular weight excluding hydrogens is 420 g/mol. The molecule has 1 saturated carbocycles. The van der Waals surface area contributed by atoms with Crippen molar-refractivity contribution in [3.8, 4) is 12.1 Å². The Balaban J connectivity index is 1.84. The second-order valence-corrected chi connectivity index (χ2v) is 9.07. The van der Waals surface area contributed by atoms with Crippen LogP contribution in [-0.4, -0.2) is 13.1 Å². The van der Waals surface area contributed by atoms with E-state index in [2.05, 4.69) is 36.4 Å². The molecule has 1 fully saturated rings. The monoisotopic (exact) mass is 444 g/mol.